The standard InChI is InChI=1S/C14H20N2/c1-2-10-16(9-1)11-7-12-4-3-5-14-13(12)6-8-15-14/h3-5,15H,1-2,6-11H2. The maximum absolute atomic E-state index is 3.45. The Kier molecular flexibility index (Phi) is 2.83. The molecular formula is C14H20N2. The number of likely N-dealkylation sites (tertiary alicyclic amines) is 1. The molecule has 2 nitrogen and oxygen atoms in total. The summed E-state index contributed by atoms with van der Waals surface area (Å²) in [5.41, 5.74) is 4.51. The normalized spacial score (nSPS) is 19.8. The molecule has 0 amide bonds. The lowest BCUT2D eigenvalue weighted by molar-refractivity contribution is 0.343. The molecule has 1 saturated heterocycles. The third-order valence-corrected chi connectivity index (χ3v) is 3.86. The van der Waals surface area contributed by atoms with Crippen LogP contribution in [-0.4, -0.2) is 31.1 Å². The van der Waals surface area contributed by atoms with Gasteiger partial charge in [-0.1, -0.05) is 12.1 Å². The van der Waals surface area contributed by atoms with E-state index in [1.807, 2.05) is 0 Å². The molecule has 0 unspecified atom stereocenters. The van der Waals surface area contributed by atoms with E-state index >= 15 is 0 Å². The average molecular weight is 216 g/mol. The van der Waals surface area contributed by atoms with Crippen LogP contribution in [0, 0.1) is 0 Å². The van der Waals surface area contributed by atoms with E-state index in [-0.39, 0.29) is 0 Å². The fourth-order valence-electron chi connectivity index (χ4n) is 2.94. The molecule has 0 spiro atoms. The van der Waals surface area contributed by atoms with E-state index in [4.69, 9.17) is 0 Å². The van der Waals surface area contributed by atoms with E-state index in [0.717, 1.165) is 6.54 Å². The van der Waals surface area contributed by atoms with Gasteiger partial charge in [0.05, 0.1) is 0 Å². The number of rotatable bonds is 3. The quantitative estimate of drug-likeness (QED) is 0.834. The van der Waals surface area contributed by atoms with Crippen LogP contribution in [0.2, 0.25) is 0 Å². The number of hydrogen-bond acceptors (Lipinski definition) is 2. The van der Waals surface area contributed by atoms with Crippen LogP contribution in [0.15, 0.2) is 18.2 Å². The molecule has 0 bridgehead atoms. The van der Waals surface area contributed by atoms with E-state index in [1.165, 1.54) is 51.0 Å². The van der Waals surface area contributed by atoms with Gasteiger partial charge in [-0.3, -0.25) is 0 Å². The smallest absolute Gasteiger partial charge is 0.0376 e. The summed E-state index contributed by atoms with van der Waals surface area (Å²) in [6.07, 6.45) is 5.24. The number of fused-ring (bicyclic) bond motifs is 1. The Morgan fingerprint density at radius 1 is 1.19 bits per heavy atom. The van der Waals surface area contributed by atoms with E-state index in [0.29, 0.717) is 0 Å². The third-order valence-electron chi connectivity index (χ3n) is 3.86. The summed E-state index contributed by atoms with van der Waals surface area (Å²) in [4.78, 5) is 2.60. The van der Waals surface area contributed by atoms with Crippen LogP contribution in [0.3, 0.4) is 0 Å². The zero-order valence-corrected chi connectivity index (χ0v) is 9.84. The molecule has 1 aromatic carbocycles. The summed E-state index contributed by atoms with van der Waals surface area (Å²) in [5.74, 6) is 0. The van der Waals surface area contributed by atoms with Crippen molar-refractivity contribution in [3.05, 3.63) is 29.3 Å². The first kappa shape index (κ1) is 10.2. The van der Waals surface area contributed by atoms with Crippen molar-refractivity contribution in [2.75, 3.05) is 31.5 Å². The van der Waals surface area contributed by atoms with Crippen molar-refractivity contribution in [1.82, 2.24) is 4.90 Å². The number of nitrogens with zero attached hydrogens (tertiary/aromatic N) is 1. The molecule has 86 valence electrons. The number of benzene rings is 1. The second-order valence-corrected chi connectivity index (χ2v) is 4.92. The summed E-state index contributed by atoms with van der Waals surface area (Å²) in [5, 5.41) is 3.45. The first-order valence-electron chi connectivity index (χ1n) is 6.50. The molecule has 1 N–H and O–H groups in total. The molecule has 0 radical (unpaired) electrons. The lowest BCUT2D eigenvalue weighted by atomic mass is 10.0. The lowest BCUT2D eigenvalue weighted by Gasteiger charge is -2.15. The Labute approximate surface area is 97.6 Å². The van der Waals surface area contributed by atoms with Crippen LogP contribution in [0.4, 0.5) is 5.69 Å². The second-order valence-electron chi connectivity index (χ2n) is 4.92. The van der Waals surface area contributed by atoms with Crippen molar-refractivity contribution in [3.63, 3.8) is 0 Å². The average Bonchev–Trinajstić information content (AvgIpc) is 2.97. The third kappa shape index (κ3) is 1.94. The van der Waals surface area contributed by atoms with Crippen LogP contribution >= 0.6 is 0 Å². The van der Waals surface area contributed by atoms with Crippen molar-refractivity contribution in [1.29, 1.82) is 0 Å². The summed E-state index contributed by atoms with van der Waals surface area (Å²) >= 11 is 0. The molecule has 1 aromatic rings. The molecule has 0 aliphatic carbocycles. The van der Waals surface area contributed by atoms with E-state index in [1.54, 1.807) is 11.1 Å². The Morgan fingerprint density at radius 2 is 2.06 bits per heavy atom. The van der Waals surface area contributed by atoms with Gasteiger partial charge in [0.2, 0.25) is 0 Å². The second kappa shape index (κ2) is 4.46. The molecule has 2 aliphatic rings. The highest BCUT2D eigenvalue weighted by Crippen LogP contribution is 2.26. The highest BCUT2D eigenvalue weighted by atomic mass is 15.1. The van der Waals surface area contributed by atoms with Crippen molar-refractivity contribution in [2.45, 2.75) is 25.7 Å². The molecule has 16 heavy (non-hydrogen) atoms. The zero-order valence-electron chi connectivity index (χ0n) is 9.84. The Balaban J connectivity index is 1.67. The Bertz CT molecular complexity index is 367. The number of anilines is 1. The molecule has 2 heterocycles. The monoisotopic (exact) mass is 216 g/mol. The van der Waals surface area contributed by atoms with Gasteiger partial charge < -0.3 is 10.2 Å². The van der Waals surface area contributed by atoms with Crippen molar-refractivity contribution >= 4 is 5.69 Å². The summed E-state index contributed by atoms with van der Waals surface area (Å²) < 4.78 is 0. The van der Waals surface area contributed by atoms with E-state index in [2.05, 4.69) is 28.4 Å². The molecule has 2 aliphatic heterocycles. The zero-order chi connectivity index (χ0) is 10.8. The fraction of sp³-hybridized carbons (Fsp3) is 0.571. The molecule has 1 fully saturated rings. The van der Waals surface area contributed by atoms with Crippen LogP contribution in [-0.2, 0) is 12.8 Å². The van der Waals surface area contributed by atoms with Crippen LogP contribution < -0.4 is 5.32 Å². The van der Waals surface area contributed by atoms with Gasteiger partial charge >= 0.3 is 0 Å². The molecular weight excluding hydrogens is 196 g/mol. The maximum atomic E-state index is 3.45. The van der Waals surface area contributed by atoms with Gasteiger partial charge in [0.25, 0.3) is 0 Å². The number of nitrogens with one attached hydrogen (secondary N) is 1. The van der Waals surface area contributed by atoms with Gasteiger partial charge in [0, 0.05) is 18.8 Å². The minimum Gasteiger partial charge on any atom is -0.384 e. The largest absolute Gasteiger partial charge is 0.384 e. The fourth-order valence-corrected chi connectivity index (χ4v) is 2.94. The van der Waals surface area contributed by atoms with Gasteiger partial charge in [0.1, 0.15) is 0 Å². The van der Waals surface area contributed by atoms with Crippen molar-refractivity contribution < 1.29 is 0 Å². The van der Waals surface area contributed by atoms with E-state index in [9.17, 15) is 0 Å². The van der Waals surface area contributed by atoms with Crippen molar-refractivity contribution in [2.24, 2.45) is 0 Å². The first-order valence-corrected chi connectivity index (χ1v) is 6.50. The minimum atomic E-state index is 1.12. The highest BCUT2D eigenvalue weighted by molar-refractivity contribution is 5.58. The van der Waals surface area contributed by atoms with Gasteiger partial charge in [-0.25, -0.2) is 0 Å². The van der Waals surface area contributed by atoms with Gasteiger partial charge in [-0.15, -0.1) is 0 Å². The van der Waals surface area contributed by atoms with Gasteiger partial charge in [0.15, 0.2) is 0 Å². The summed E-state index contributed by atoms with van der Waals surface area (Å²) in [6.45, 7) is 4.99. The summed E-state index contributed by atoms with van der Waals surface area (Å²) in [6, 6.07) is 6.71. The predicted molar refractivity (Wildman–Crippen MR) is 68.0 cm³/mol. The topological polar surface area (TPSA) is 15.3 Å². The van der Waals surface area contributed by atoms with Crippen molar-refractivity contribution in [3.8, 4) is 0 Å². The molecule has 0 saturated carbocycles. The maximum Gasteiger partial charge on any atom is 0.0376 e. The number of hydrogen-bond donors (Lipinski definition) is 1. The summed E-state index contributed by atoms with van der Waals surface area (Å²) in [7, 11) is 0. The van der Waals surface area contributed by atoms with Gasteiger partial charge in [-0.05, 0) is 56.0 Å². The Morgan fingerprint density at radius 3 is 2.94 bits per heavy atom. The van der Waals surface area contributed by atoms with E-state index < -0.39 is 0 Å². The SMILES string of the molecule is c1cc(CCN2CCCC2)c2c(c1)NCC2. The molecule has 3 rings (SSSR count). The molecule has 0 atom stereocenters. The highest BCUT2D eigenvalue weighted by Gasteiger charge is 2.15. The minimum absolute atomic E-state index is 1.12. The molecule has 2 heteroatoms. The van der Waals surface area contributed by atoms with Crippen LogP contribution in [0.5, 0.6) is 0 Å². The van der Waals surface area contributed by atoms with Crippen LogP contribution in [0.25, 0.3) is 0 Å². The molecule has 0 aromatic heterocycles. The van der Waals surface area contributed by atoms with Crippen LogP contribution in [0.1, 0.15) is 24.0 Å². The predicted octanol–water partition coefficient (Wildman–Crippen LogP) is 2.29. The first-order chi connectivity index (χ1) is 7.93. The Hall–Kier alpha value is -1.02. The lowest BCUT2D eigenvalue weighted by Crippen LogP contribution is -2.22. The van der Waals surface area contributed by atoms with Gasteiger partial charge in [-0.2, -0.15) is 0 Å².